The molecule has 0 aromatic heterocycles. The summed E-state index contributed by atoms with van der Waals surface area (Å²) in [5, 5.41) is 3.84. The zero-order chi connectivity index (χ0) is 22.8. The summed E-state index contributed by atoms with van der Waals surface area (Å²) in [5.41, 5.74) is 2.75. The quantitative estimate of drug-likeness (QED) is 0.568. The molecule has 0 radical (unpaired) electrons. The van der Waals surface area contributed by atoms with Gasteiger partial charge < -0.3 is 14.8 Å². The van der Waals surface area contributed by atoms with Gasteiger partial charge in [-0.3, -0.25) is 9.69 Å². The molecule has 1 N–H and O–H groups in total. The van der Waals surface area contributed by atoms with Crippen molar-refractivity contribution in [2.24, 2.45) is 0 Å². The first-order valence-corrected chi connectivity index (χ1v) is 10.1. The van der Waals surface area contributed by atoms with Crippen LogP contribution in [0.2, 0.25) is 5.02 Å². The number of ether oxygens (including phenoxy) is 2. The fourth-order valence-corrected chi connectivity index (χ4v) is 3.79. The van der Waals surface area contributed by atoms with Crippen LogP contribution in [0.3, 0.4) is 0 Å². The van der Waals surface area contributed by atoms with Crippen LogP contribution in [0.15, 0.2) is 66.7 Å². The summed E-state index contributed by atoms with van der Waals surface area (Å²) in [5.74, 6) is -1.38. The predicted octanol–water partition coefficient (Wildman–Crippen LogP) is 4.68. The average molecular weight is 451 g/mol. The molecule has 0 unspecified atom stereocenters. The highest BCUT2D eigenvalue weighted by Crippen LogP contribution is 2.38. The lowest BCUT2D eigenvalue weighted by molar-refractivity contribution is 0.0599. The van der Waals surface area contributed by atoms with Gasteiger partial charge >= 0.3 is 11.9 Å². The van der Waals surface area contributed by atoms with Crippen molar-refractivity contribution in [2.75, 3.05) is 24.4 Å². The predicted molar refractivity (Wildman–Crippen MR) is 120 cm³/mol. The van der Waals surface area contributed by atoms with E-state index in [1.165, 1.54) is 20.3 Å². The van der Waals surface area contributed by atoms with Gasteiger partial charge in [0, 0.05) is 27.5 Å². The Bertz CT molecular complexity index is 1180. The molecule has 0 spiro atoms. The topological polar surface area (TPSA) is 84.9 Å². The number of nitrogens with zero attached hydrogens (tertiary/aromatic N) is 1. The van der Waals surface area contributed by atoms with Crippen LogP contribution in [0.25, 0.3) is 0 Å². The van der Waals surface area contributed by atoms with E-state index in [0.29, 0.717) is 22.0 Å². The van der Waals surface area contributed by atoms with Crippen LogP contribution in [-0.4, -0.2) is 32.1 Å². The molecule has 8 heteroatoms. The molecule has 0 bridgehead atoms. The Morgan fingerprint density at radius 1 is 0.906 bits per heavy atom. The number of hydrogen-bond acceptors (Lipinski definition) is 6. The first-order chi connectivity index (χ1) is 15.4. The summed E-state index contributed by atoms with van der Waals surface area (Å²) in [4.78, 5) is 39.1. The molecular formula is C24H19ClN2O5. The van der Waals surface area contributed by atoms with Crippen LogP contribution in [-0.2, 0) is 9.47 Å². The van der Waals surface area contributed by atoms with E-state index in [-0.39, 0.29) is 17.0 Å². The maximum atomic E-state index is 13.2. The maximum Gasteiger partial charge on any atom is 0.337 e. The largest absolute Gasteiger partial charge is 0.465 e. The van der Waals surface area contributed by atoms with Gasteiger partial charge in [0.15, 0.2) is 0 Å². The zero-order valence-corrected chi connectivity index (χ0v) is 18.1. The Morgan fingerprint density at radius 3 is 2.09 bits per heavy atom. The second kappa shape index (κ2) is 8.72. The molecule has 1 aliphatic heterocycles. The third kappa shape index (κ3) is 3.90. The normalized spacial score (nSPS) is 14.7. The molecular weight excluding hydrogens is 432 g/mol. The third-order valence-corrected chi connectivity index (χ3v) is 5.40. The Kier molecular flexibility index (Phi) is 5.83. The molecule has 0 saturated heterocycles. The van der Waals surface area contributed by atoms with E-state index in [1.807, 2.05) is 12.1 Å². The van der Waals surface area contributed by atoms with Crippen LogP contribution in [0.4, 0.5) is 11.4 Å². The molecule has 0 aliphatic carbocycles. The van der Waals surface area contributed by atoms with Crippen molar-refractivity contribution < 1.29 is 23.9 Å². The lowest BCUT2D eigenvalue weighted by Gasteiger charge is -2.27. The molecule has 0 saturated carbocycles. The molecule has 7 nitrogen and oxygen atoms in total. The molecule has 3 aromatic rings. The van der Waals surface area contributed by atoms with E-state index in [4.69, 9.17) is 21.1 Å². The Morgan fingerprint density at radius 2 is 1.50 bits per heavy atom. The molecule has 0 fully saturated rings. The molecule has 3 aromatic carbocycles. The maximum absolute atomic E-state index is 13.2. The second-order valence-corrected chi connectivity index (χ2v) is 7.50. The fourth-order valence-electron chi connectivity index (χ4n) is 3.67. The molecule has 1 aliphatic rings. The van der Waals surface area contributed by atoms with Crippen LogP contribution in [0, 0.1) is 0 Å². The van der Waals surface area contributed by atoms with Gasteiger partial charge in [-0.25, -0.2) is 9.59 Å². The van der Waals surface area contributed by atoms with Gasteiger partial charge in [-0.05, 0) is 48.5 Å². The number of halogens is 1. The van der Waals surface area contributed by atoms with Gasteiger partial charge in [0.2, 0.25) is 0 Å². The van der Waals surface area contributed by atoms with Crippen LogP contribution < -0.4 is 10.2 Å². The summed E-state index contributed by atoms with van der Waals surface area (Å²) >= 11 is 6.03. The molecule has 4 rings (SSSR count). The lowest BCUT2D eigenvalue weighted by atomic mass is 10.1. The number of amides is 1. The molecule has 1 atom stereocenters. The first kappa shape index (κ1) is 21.4. The highest BCUT2D eigenvalue weighted by molar-refractivity contribution is 6.30. The van der Waals surface area contributed by atoms with Crippen molar-refractivity contribution in [3.05, 3.63) is 94.0 Å². The van der Waals surface area contributed by atoms with Gasteiger partial charge in [0.05, 0.1) is 25.3 Å². The monoisotopic (exact) mass is 450 g/mol. The van der Waals surface area contributed by atoms with Crippen molar-refractivity contribution in [2.45, 2.75) is 6.17 Å². The summed E-state index contributed by atoms with van der Waals surface area (Å²) in [6.07, 6.45) is -0.585. The van der Waals surface area contributed by atoms with Gasteiger partial charge in [-0.2, -0.15) is 0 Å². The smallest absolute Gasteiger partial charge is 0.337 e. The molecule has 1 amide bonds. The van der Waals surface area contributed by atoms with E-state index in [2.05, 4.69) is 5.32 Å². The number of esters is 2. The standard InChI is InChI=1S/C24H19ClN2O5/c1-31-23(29)14-11-15(24(30)32-2)13-17(12-14)26-21-19-5-3-4-6-20(19)22(28)27(21)18-9-7-16(25)8-10-18/h3-13,21,26H,1-2H3/t21-/m1/s1. The van der Waals surface area contributed by atoms with Gasteiger partial charge in [-0.1, -0.05) is 29.8 Å². The van der Waals surface area contributed by atoms with E-state index < -0.39 is 18.1 Å². The highest BCUT2D eigenvalue weighted by atomic mass is 35.5. The van der Waals surface area contributed by atoms with Crippen molar-refractivity contribution in [3.8, 4) is 0 Å². The van der Waals surface area contributed by atoms with Crippen LogP contribution >= 0.6 is 11.6 Å². The van der Waals surface area contributed by atoms with E-state index in [0.717, 1.165) is 5.56 Å². The van der Waals surface area contributed by atoms with Crippen molar-refractivity contribution in [1.29, 1.82) is 0 Å². The summed E-state index contributed by atoms with van der Waals surface area (Å²) < 4.78 is 9.62. The molecule has 162 valence electrons. The van der Waals surface area contributed by atoms with Crippen LogP contribution in [0.5, 0.6) is 0 Å². The average Bonchev–Trinajstić information content (AvgIpc) is 3.10. The third-order valence-electron chi connectivity index (χ3n) is 5.15. The minimum atomic E-state index is -0.601. The number of carbonyl (C=O) groups is 3. The molecule has 1 heterocycles. The number of nitrogens with one attached hydrogen (secondary N) is 1. The Labute approximate surface area is 189 Å². The Hall–Kier alpha value is -3.84. The number of benzene rings is 3. The SMILES string of the molecule is COC(=O)c1cc(N[C@H]2c3ccccc3C(=O)N2c2ccc(Cl)cc2)cc(C(=O)OC)c1. The fraction of sp³-hybridized carbons (Fsp3) is 0.125. The van der Waals surface area contributed by atoms with Gasteiger partial charge in [0.25, 0.3) is 5.91 Å². The van der Waals surface area contributed by atoms with E-state index >= 15 is 0 Å². The van der Waals surface area contributed by atoms with E-state index in [1.54, 1.807) is 53.4 Å². The van der Waals surface area contributed by atoms with Crippen molar-refractivity contribution in [3.63, 3.8) is 0 Å². The number of fused-ring (bicyclic) bond motifs is 1. The van der Waals surface area contributed by atoms with Crippen LogP contribution in [0.1, 0.15) is 42.8 Å². The number of carbonyl (C=O) groups excluding carboxylic acids is 3. The minimum absolute atomic E-state index is 0.175. The second-order valence-electron chi connectivity index (χ2n) is 7.07. The number of methoxy groups -OCH3 is 2. The first-order valence-electron chi connectivity index (χ1n) is 9.69. The summed E-state index contributed by atoms with van der Waals surface area (Å²) in [6, 6.07) is 18.7. The van der Waals surface area contributed by atoms with E-state index in [9.17, 15) is 14.4 Å². The lowest BCUT2D eigenvalue weighted by Crippen LogP contribution is -2.32. The van der Waals surface area contributed by atoms with Crippen molar-refractivity contribution in [1.82, 2.24) is 0 Å². The number of rotatable bonds is 5. The van der Waals surface area contributed by atoms with Crippen molar-refractivity contribution >= 4 is 40.8 Å². The van der Waals surface area contributed by atoms with Gasteiger partial charge in [-0.15, -0.1) is 0 Å². The number of hydrogen-bond donors (Lipinski definition) is 1. The van der Waals surface area contributed by atoms with Gasteiger partial charge in [0.1, 0.15) is 6.17 Å². The number of anilines is 2. The Balaban J connectivity index is 1.80. The highest BCUT2D eigenvalue weighted by Gasteiger charge is 2.37. The summed E-state index contributed by atoms with van der Waals surface area (Å²) in [6.45, 7) is 0. The molecule has 32 heavy (non-hydrogen) atoms. The zero-order valence-electron chi connectivity index (χ0n) is 17.3. The summed E-state index contributed by atoms with van der Waals surface area (Å²) in [7, 11) is 2.52. The minimum Gasteiger partial charge on any atom is -0.465 e.